The molecule has 1 N–H and O–H groups in total. The third-order valence-electron chi connectivity index (χ3n) is 3.20. The Morgan fingerprint density at radius 1 is 1.57 bits per heavy atom. The van der Waals surface area contributed by atoms with Crippen molar-refractivity contribution in [1.29, 1.82) is 0 Å². The number of aromatic nitrogens is 4. The van der Waals surface area contributed by atoms with Crippen molar-refractivity contribution in [3.63, 3.8) is 0 Å². The van der Waals surface area contributed by atoms with Crippen molar-refractivity contribution in [1.82, 2.24) is 24.6 Å². The van der Waals surface area contributed by atoms with Gasteiger partial charge in [-0.25, -0.2) is 4.98 Å². The normalized spacial score (nSPS) is 14.7. The summed E-state index contributed by atoms with van der Waals surface area (Å²) >= 11 is 1.53. The average Bonchev–Trinajstić information content (AvgIpc) is 3.09. The zero-order valence-corrected chi connectivity index (χ0v) is 12.3. The van der Waals surface area contributed by atoms with E-state index in [2.05, 4.69) is 15.4 Å². The van der Waals surface area contributed by atoms with E-state index in [1.807, 2.05) is 19.2 Å². The third kappa shape index (κ3) is 2.85. The largest absolute Gasteiger partial charge is 0.347 e. The summed E-state index contributed by atoms with van der Waals surface area (Å²) in [5, 5.41) is 7.57. The molecule has 0 bridgehead atoms. The molecule has 21 heavy (non-hydrogen) atoms. The Morgan fingerprint density at radius 3 is 3.19 bits per heavy atom. The number of nitrogens with zero attached hydrogens (tertiary/aromatic N) is 4. The molecule has 0 aromatic carbocycles. The molecule has 0 radical (unpaired) electrons. The van der Waals surface area contributed by atoms with Crippen LogP contribution in [0, 0.1) is 0 Å². The van der Waals surface area contributed by atoms with Crippen molar-refractivity contribution in [2.24, 2.45) is 0 Å². The van der Waals surface area contributed by atoms with Crippen molar-refractivity contribution in [3.8, 4) is 0 Å². The molecule has 0 saturated carbocycles. The lowest BCUT2D eigenvalue weighted by atomic mass is 10.2. The van der Waals surface area contributed by atoms with Gasteiger partial charge in [0.25, 0.3) is 11.5 Å². The fourth-order valence-electron chi connectivity index (χ4n) is 2.21. The zero-order valence-electron chi connectivity index (χ0n) is 11.5. The van der Waals surface area contributed by atoms with E-state index in [9.17, 15) is 9.59 Å². The van der Waals surface area contributed by atoms with Crippen LogP contribution in [0.15, 0.2) is 34.6 Å². The number of carbonyl (C=O) groups is 1. The highest BCUT2D eigenvalue weighted by Crippen LogP contribution is 2.20. The zero-order chi connectivity index (χ0) is 14.8. The van der Waals surface area contributed by atoms with E-state index in [4.69, 9.17) is 0 Å². The summed E-state index contributed by atoms with van der Waals surface area (Å²) < 4.78 is 3.28. The molecular weight excluding hydrogens is 290 g/mol. The van der Waals surface area contributed by atoms with Crippen molar-refractivity contribution in [2.75, 3.05) is 5.75 Å². The molecule has 1 aliphatic heterocycles. The molecule has 110 valence electrons. The topological polar surface area (TPSA) is 81.8 Å². The molecular formula is C13H15N5O2S. The first-order chi connectivity index (χ1) is 10.1. The van der Waals surface area contributed by atoms with Crippen LogP contribution in [0.5, 0.6) is 0 Å². The molecule has 2 aromatic rings. The fraction of sp³-hybridized carbons (Fsp3) is 0.385. The van der Waals surface area contributed by atoms with Crippen LogP contribution in [-0.2, 0) is 13.1 Å². The van der Waals surface area contributed by atoms with Gasteiger partial charge in [0.15, 0.2) is 5.16 Å². The Morgan fingerprint density at radius 2 is 2.43 bits per heavy atom. The maximum absolute atomic E-state index is 12.2. The first-order valence-corrected chi connectivity index (χ1v) is 7.64. The molecule has 2 aromatic heterocycles. The monoisotopic (exact) mass is 305 g/mol. The van der Waals surface area contributed by atoms with Gasteiger partial charge in [0.05, 0.1) is 6.54 Å². The molecule has 8 heteroatoms. The Balaban J connectivity index is 1.72. The standard InChI is InChI=1S/C13H15N5O2S/c1-9(8-17-4-2-3-15-17)16-11(19)10-7-14-13-18(12(10)20)5-6-21-13/h2-4,7,9H,5-6,8H2,1H3,(H,16,19). The molecule has 1 amide bonds. The van der Waals surface area contributed by atoms with Gasteiger partial charge in [-0.05, 0) is 13.0 Å². The van der Waals surface area contributed by atoms with Crippen LogP contribution in [0.2, 0.25) is 0 Å². The molecule has 0 aliphatic carbocycles. The number of carbonyl (C=O) groups excluding carboxylic acids is 1. The number of amides is 1. The second-order valence-electron chi connectivity index (χ2n) is 4.86. The van der Waals surface area contributed by atoms with Crippen molar-refractivity contribution in [3.05, 3.63) is 40.6 Å². The van der Waals surface area contributed by atoms with Gasteiger partial charge < -0.3 is 5.32 Å². The Labute approximate surface area is 125 Å². The van der Waals surface area contributed by atoms with Crippen molar-refractivity contribution >= 4 is 17.7 Å². The Kier molecular flexibility index (Phi) is 3.78. The number of fused-ring (bicyclic) bond motifs is 1. The molecule has 0 fully saturated rings. The van der Waals surface area contributed by atoms with Gasteiger partial charge in [0.1, 0.15) is 5.56 Å². The minimum absolute atomic E-state index is 0.0913. The minimum atomic E-state index is -0.389. The highest BCUT2D eigenvalue weighted by atomic mass is 32.2. The van der Waals surface area contributed by atoms with Crippen molar-refractivity contribution < 1.29 is 4.79 Å². The quantitative estimate of drug-likeness (QED) is 0.825. The maximum atomic E-state index is 12.2. The molecule has 1 aliphatic rings. The molecule has 1 unspecified atom stereocenters. The van der Waals surface area contributed by atoms with Crippen molar-refractivity contribution in [2.45, 2.75) is 31.2 Å². The summed E-state index contributed by atoms with van der Waals surface area (Å²) in [6.45, 7) is 3.03. The van der Waals surface area contributed by atoms with E-state index in [0.29, 0.717) is 18.2 Å². The van der Waals surface area contributed by atoms with Crippen LogP contribution in [0.1, 0.15) is 17.3 Å². The van der Waals surface area contributed by atoms with Gasteiger partial charge >= 0.3 is 0 Å². The Hall–Kier alpha value is -2.09. The molecule has 7 nitrogen and oxygen atoms in total. The van der Waals surface area contributed by atoms with Gasteiger partial charge in [0, 0.05) is 36.9 Å². The lowest BCUT2D eigenvalue weighted by molar-refractivity contribution is 0.0933. The smallest absolute Gasteiger partial charge is 0.267 e. The summed E-state index contributed by atoms with van der Waals surface area (Å²) in [6, 6.07) is 1.69. The maximum Gasteiger partial charge on any atom is 0.267 e. The number of hydrogen-bond donors (Lipinski definition) is 1. The minimum Gasteiger partial charge on any atom is -0.347 e. The second-order valence-corrected chi connectivity index (χ2v) is 5.92. The summed E-state index contributed by atoms with van der Waals surface area (Å²) in [4.78, 5) is 28.6. The summed E-state index contributed by atoms with van der Waals surface area (Å²) in [6.07, 6.45) is 4.87. The predicted molar refractivity (Wildman–Crippen MR) is 78.4 cm³/mol. The summed E-state index contributed by atoms with van der Waals surface area (Å²) in [5.74, 6) is 0.433. The highest BCUT2D eigenvalue weighted by Gasteiger charge is 2.20. The van der Waals surface area contributed by atoms with E-state index >= 15 is 0 Å². The third-order valence-corrected chi connectivity index (χ3v) is 4.17. The summed E-state index contributed by atoms with van der Waals surface area (Å²) in [5.41, 5.74) is -0.178. The van der Waals surface area contributed by atoms with Crippen LogP contribution in [-0.4, -0.2) is 37.0 Å². The van der Waals surface area contributed by atoms with E-state index in [0.717, 1.165) is 5.75 Å². The van der Waals surface area contributed by atoms with E-state index < -0.39 is 0 Å². The van der Waals surface area contributed by atoms with Gasteiger partial charge in [-0.3, -0.25) is 18.8 Å². The first-order valence-electron chi connectivity index (χ1n) is 6.66. The van der Waals surface area contributed by atoms with Gasteiger partial charge in [-0.15, -0.1) is 0 Å². The molecule has 3 rings (SSSR count). The first kappa shape index (κ1) is 13.9. The highest BCUT2D eigenvalue weighted by molar-refractivity contribution is 7.99. The molecule has 1 atom stereocenters. The second kappa shape index (κ2) is 5.72. The van der Waals surface area contributed by atoms with E-state index in [1.165, 1.54) is 18.0 Å². The van der Waals surface area contributed by atoms with Gasteiger partial charge in [0.2, 0.25) is 0 Å². The van der Waals surface area contributed by atoms with Crippen LogP contribution < -0.4 is 10.9 Å². The van der Waals surface area contributed by atoms with Crippen LogP contribution in [0.4, 0.5) is 0 Å². The lowest BCUT2D eigenvalue weighted by Gasteiger charge is -2.14. The van der Waals surface area contributed by atoms with E-state index in [-0.39, 0.29) is 23.1 Å². The fourth-order valence-corrected chi connectivity index (χ4v) is 3.12. The average molecular weight is 305 g/mol. The number of hydrogen-bond acceptors (Lipinski definition) is 5. The van der Waals surface area contributed by atoms with Gasteiger partial charge in [-0.2, -0.15) is 5.10 Å². The number of nitrogens with one attached hydrogen (secondary N) is 1. The van der Waals surface area contributed by atoms with Crippen LogP contribution in [0.3, 0.4) is 0 Å². The van der Waals surface area contributed by atoms with Gasteiger partial charge in [-0.1, -0.05) is 11.8 Å². The molecule has 0 saturated heterocycles. The number of thioether (sulfide) groups is 1. The molecule has 3 heterocycles. The number of rotatable bonds is 4. The SMILES string of the molecule is CC(Cn1cccn1)NC(=O)c1cnc2n(c1=O)CCS2. The summed E-state index contributed by atoms with van der Waals surface area (Å²) in [7, 11) is 0. The lowest BCUT2D eigenvalue weighted by Crippen LogP contribution is -2.39. The molecule has 0 spiro atoms. The predicted octanol–water partition coefficient (Wildman–Crippen LogP) is 0.364. The van der Waals surface area contributed by atoms with E-state index in [1.54, 1.807) is 15.4 Å². The van der Waals surface area contributed by atoms with Crippen LogP contribution in [0.25, 0.3) is 0 Å². The van der Waals surface area contributed by atoms with Crippen LogP contribution >= 0.6 is 11.8 Å². The Bertz CT molecular complexity index is 710.